The third-order valence-electron chi connectivity index (χ3n) is 5.11. The van der Waals surface area contributed by atoms with Crippen molar-refractivity contribution in [2.45, 2.75) is 6.42 Å². The molecular weight excluding hydrogens is 376 g/mol. The van der Waals surface area contributed by atoms with Crippen LogP contribution in [-0.2, 0) is 11.2 Å². The largest absolute Gasteiger partial charge is 0.457 e. The van der Waals surface area contributed by atoms with Gasteiger partial charge in [0.1, 0.15) is 11.5 Å². The number of para-hydroxylation sites is 1. The van der Waals surface area contributed by atoms with Crippen molar-refractivity contribution in [1.82, 2.24) is 4.90 Å². The molecule has 0 atom stereocenters. The maximum absolute atomic E-state index is 12.7. The number of hydrogen-bond acceptors (Lipinski definition) is 4. The van der Waals surface area contributed by atoms with Crippen molar-refractivity contribution in [3.05, 3.63) is 90.0 Å². The Labute approximate surface area is 177 Å². The average molecular weight is 402 g/mol. The molecule has 3 aromatic rings. The summed E-state index contributed by atoms with van der Waals surface area (Å²) in [6.07, 6.45) is 0.993. The van der Waals surface area contributed by atoms with Crippen LogP contribution in [0.2, 0.25) is 0 Å². The zero-order valence-corrected chi connectivity index (χ0v) is 16.9. The zero-order chi connectivity index (χ0) is 20.6. The van der Waals surface area contributed by atoms with Crippen molar-refractivity contribution in [3.8, 4) is 11.5 Å². The number of morpholine rings is 1. The highest BCUT2D eigenvalue weighted by molar-refractivity contribution is 6.04. The third kappa shape index (κ3) is 5.69. The van der Waals surface area contributed by atoms with Gasteiger partial charge in [-0.25, -0.2) is 0 Å². The number of hydrogen-bond donors (Lipinski definition) is 1. The van der Waals surface area contributed by atoms with Crippen molar-refractivity contribution in [2.75, 3.05) is 38.2 Å². The number of benzene rings is 3. The second-order valence-corrected chi connectivity index (χ2v) is 7.30. The van der Waals surface area contributed by atoms with Crippen LogP contribution in [0.4, 0.5) is 5.69 Å². The molecule has 1 N–H and O–H groups in total. The molecule has 1 aliphatic rings. The van der Waals surface area contributed by atoms with Crippen molar-refractivity contribution in [1.29, 1.82) is 0 Å². The number of anilines is 1. The van der Waals surface area contributed by atoms with E-state index in [0.717, 1.165) is 50.7 Å². The normalized spacial score (nSPS) is 14.3. The molecule has 154 valence electrons. The minimum absolute atomic E-state index is 0.158. The minimum Gasteiger partial charge on any atom is -0.457 e. The van der Waals surface area contributed by atoms with Gasteiger partial charge in [-0.3, -0.25) is 9.69 Å². The summed E-state index contributed by atoms with van der Waals surface area (Å²) in [5, 5.41) is 2.96. The summed E-state index contributed by atoms with van der Waals surface area (Å²) in [5.74, 6) is 1.21. The number of nitrogens with one attached hydrogen (secondary N) is 1. The summed E-state index contributed by atoms with van der Waals surface area (Å²) in [6, 6.07) is 24.8. The van der Waals surface area contributed by atoms with Crippen LogP contribution in [0.25, 0.3) is 0 Å². The Morgan fingerprint density at radius 2 is 1.63 bits per heavy atom. The number of ether oxygens (including phenoxy) is 2. The molecule has 1 fully saturated rings. The lowest BCUT2D eigenvalue weighted by molar-refractivity contribution is 0.0384. The Hall–Kier alpha value is -3.15. The van der Waals surface area contributed by atoms with Crippen LogP contribution in [0, 0.1) is 0 Å². The minimum atomic E-state index is -0.158. The summed E-state index contributed by atoms with van der Waals surface area (Å²) in [5.41, 5.74) is 2.60. The average Bonchev–Trinajstić information content (AvgIpc) is 2.80. The number of nitrogens with zero attached hydrogens (tertiary/aromatic N) is 1. The molecule has 1 heterocycles. The first kappa shape index (κ1) is 20.1. The van der Waals surface area contributed by atoms with E-state index in [1.807, 2.05) is 54.6 Å². The number of carbonyl (C=O) groups is 1. The van der Waals surface area contributed by atoms with E-state index in [1.54, 1.807) is 12.1 Å². The van der Waals surface area contributed by atoms with Crippen molar-refractivity contribution in [3.63, 3.8) is 0 Å². The van der Waals surface area contributed by atoms with Crippen LogP contribution >= 0.6 is 0 Å². The molecule has 1 amide bonds. The van der Waals surface area contributed by atoms with E-state index in [1.165, 1.54) is 5.56 Å². The van der Waals surface area contributed by atoms with Crippen LogP contribution in [0.15, 0.2) is 78.9 Å². The smallest absolute Gasteiger partial charge is 0.255 e. The maximum Gasteiger partial charge on any atom is 0.255 e. The number of carbonyl (C=O) groups excluding carboxylic acids is 1. The second-order valence-electron chi connectivity index (χ2n) is 7.30. The Balaban J connectivity index is 1.32. The fourth-order valence-corrected chi connectivity index (χ4v) is 3.40. The maximum atomic E-state index is 12.7. The Bertz CT molecular complexity index is 952. The molecule has 1 aliphatic heterocycles. The zero-order valence-electron chi connectivity index (χ0n) is 16.9. The van der Waals surface area contributed by atoms with Gasteiger partial charge in [-0.15, -0.1) is 0 Å². The summed E-state index contributed by atoms with van der Waals surface area (Å²) in [4.78, 5) is 15.1. The monoisotopic (exact) mass is 402 g/mol. The lowest BCUT2D eigenvalue weighted by Gasteiger charge is -2.26. The number of rotatable bonds is 7. The van der Waals surface area contributed by atoms with Crippen molar-refractivity contribution in [2.24, 2.45) is 0 Å². The van der Waals surface area contributed by atoms with Crippen molar-refractivity contribution >= 4 is 11.6 Å². The molecule has 0 unspecified atom stereocenters. The first-order valence-electron chi connectivity index (χ1n) is 10.3. The molecule has 0 bridgehead atoms. The molecule has 1 saturated heterocycles. The van der Waals surface area contributed by atoms with Gasteiger partial charge in [-0.2, -0.15) is 0 Å². The molecule has 30 heavy (non-hydrogen) atoms. The van der Waals surface area contributed by atoms with E-state index in [2.05, 4.69) is 22.3 Å². The van der Waals surface area contributed by atoms with Gasteiger partial charge in [0.15, 0.2) is 0 Å². The van der Waals surface area contributed by atoms with Crippen LogP contribution in [-0.4, -0.2) is 43.7 Å². The van der Waals surface area contributed by atoms with E-state index in [9.17, 15) is 4.79 Å². The van der Waals surface area contributed by atoms with Gasteiger partial charge in [0.25, 0.3) is 5.91 Å². The Morgan fingerprint density at radius 3 is 2.40 bits per heavy atom. The van der Waals surface area contributed by atoms with Gasteiger partial charge in [0, 0.05) is 30.9 Å². The van der Waals surface area contributed by atoms with Crippen LogP contribution in [0.1, 0.15) is 15.9 Å². The lowest BCUT2D eigenvalue weighted by Crippen LogP contribution is -2.37. The van der Waals surface area contributed by atoms with Gasteiger partial charge in [0.2, 0.25) is 0 Å². The van der Waals surface area contributed by atoms with Gasteiger partial charge in [-0.05, 0) is 54.4 Å². The van der Waals surface area contributed by atoms with Crippen LogP contribution < -0.4 is 10.1 Å². The Morgan fingerprint density at radius 1 is 0.900 bits per heavy atom. The SMILES string of the molecule is O=C(Nc1ccc(CCN2CCOCC2)cc1)c1cccc(Oc2ccccc2)c1. The highest BCUT2D eigenvalue weighted by atomic mass is 16.5. The number of amides is 1. The van der Waals surface area contributed by atoms with E-state index in [4.69, 9.17) is 9.47 Å². The molecule has 4 rings (SSSR count). The second kappa shape index (κ2) is 10.1. The first-order chi connectivity index (χ1) is 14.8. The molecule has 0 radical (unpaired) electrons. The fourth-order valence-electron chi connectivity index (χ4n) is 3.40. The predicted octanol–water partition coefficient (Wildman–Crippen LogP) is 4.61. The quantitative estimate of drug-likeness (QED) is 0.627. The molecule has 0 saturated carbocycles. The standard InChI is InChI=1S/C25H26N2O3/c28-25(21-5-4-8-24(19-21)30-23-6-2-1-3-7-23)26-22-11-9-20(10-12-22)13-14-27-15-17-29-18-16-27/h1-12,19H,13-18H2,(H,26,28). The highest BCUT2D eigenvalue weighted by Gasteiger charge is 2.11. The van der Waals surface area contributed by atoms with Gasteiger partial charge in [-0.1, -0.05) is 36.4 Å². The topological polar surface area (TPSA) is 50.8 Å². The lowest BCUT2D eigenvalue weighted by atomic mass is 10.1. The molecule has 5 nitrogen and oxygen atoms in total. The first-order valence-corrected chi connectivity index (χ1v) is 10.3. The summed E-state index contributed by atoms with van der Waals surface area (Å²) >= 11 is 0. The van der Waals surface area contributed by atoms with E-state index < -0.39 is 0 Å². The third-order valence-corrected chi connectivity index (χ3v) is 5.11. The Kier molecular flexibility index (Phi) is 6.75. The molecule has 5 heteroatoms. The fraction of sp³-hybridized carbons (Fsp3) is 0.240. The van der Waals surface area contributed by atoms with Crippen molar-refractivity contribution < 1.29 is 14.3 Å². The van der Waals surface area contributed by atoms with Gasteiger partial charge >= 0.3 is 0 Å². The molecule has 0 spiro atoms. The highest BCUT2D eigenvalue weighted by Crippen LogP contribution is 2.22. The van der Waals surface area contributed by atoms with Crippen LogP contribution in [0.3, 0.4) is 0 Å². The summed E-state index contributed by atoms with van der Waals surface area (Å²) in [6.45, 7) is 4.68. The van der Waals surface area contributed by atoms with Gasteiger partial charge in [0.05, 0.1) is 13.2 Å². The summed E-state index contributed by atoms with van der Waals surface area (Å²) < 4.78 is 11.2. The van der Waals surface area contributed by atoms with E-state index in [0.29, 0.717) is 11.3 Å². The van der Waals surface area contributed by atoms with E-state index >= 15 is 0 Å². The molecule has 0 aromatic heterocycles. The molecular formula is C25H26N2O3. The predicted molar refractivity (Wildman–Crippen MR) is 118 cm³/mol. The molecule has 3 aromatic carbocycles. The molecule has 0 aliphatic carbocycles. The summed E-state index contributed by atoms with van der Waals surface area (Å²) in [7, 11) is 0. The van der Waals surface area contributed by atoms with Gasteiger partial charge < -0.3 is 14.8 Å². The van der Waals surface area contributed by atoms with E-state index in [-0.39, 0.29) is 5.91 Å². The van der Waals surface area contributed by atoms with Crippen LogP contribution in [0.5, 0.6) is 11.5 Å².